The van der Waals surface area contributed by atoms with E-state index in [1.807, 2.05) is 0 Å². The summed E-state index contributed by atoms with van der Waals surface area (Å²) in [6.45, 7) is 4.46. The SMILES string of the molecule is CCCCCCCCCCCCCCCCCC(=O)OC(CCCCC)CCCCCC(=O)O. The summed E-state index contributed by atoms with van der Waals surface area (Å²) >= 11 is 0. The number of esters is 1. The van der Waals surface area contributed by atoms with Gasteiger partial charge in [-0.25, -0.2) is 0 Å². The van der Waals surface area contributed by atoms with Crippen molar-refractivity contribution in [1.29, 1.82) is 0 Å². The second-order valence-corrected chi connectivity index (χ2v) is 10.3. The maximum absolute atomic E-state index is 12.3. The van der Waals surface area contributed by atoms with Crippen molar-refractivity contribution in [2.75, 3.05) is 0 Å². The third kappa shape index (κ3) is 25.6. The van der Waals surface area contributed by atoms with Gasteiger partial charge in [-0.2, -0.15) is 0 Å². The molecule has 4 heteroatoms. The van der Waals surface area contributed by atoms with E-state index in [1.165, 1.54) is 96.3 Å². The number of hydrogen-bond acceptors (Lipinski definition) is 3. The summed E-state index contributed by atoms with van der Waals surface area (Å²) in [7, 11) is 0. The fraction of sp³-hybridized carbons (Fsp3) is 0.933. The molecule has 1 N–H and O–H groups in total. The Morgan fingerprint density at radius 1 is 0.529 bits per heavy atom. The van der Waals surface area contributed by atoms with E-state index in [0.717, 1.165) is 44.9 Å². The normalized spacial score (nSPS) is 12.1. The molecule has 0 fully saturated rings. The Balaban J connectivity index is 3.65. The molecule has 4 nitrogen and oxygen atoms in total. The van der Waals surface area contributed by atoms with Gasteiger partial charge in [0.15, 0.2) is 0 Å². The number of hydrogen-bond donors (Lipinski definition) is 1. The van der Waals surface area contributed by atoms with Crippen molar-refractivity contribution < 1.29 is 19.4 Å². The average molecular weight is 483 g/mol. The zero-order chi connectivity index (χ0) is 25.1. The summed E-state index contributed by atoms with van der Waals surface area (Å²) in [6, 6.07) is 0. The van der Waals surface area contributed by atoms with E-state index >= 15 is 0 Å². The third-order valence-corrected chi connectivity index (χ3v) is 6.83. The van der Waals surface area contributed by atoms with Gasteiger partial charge in [0.05, 0.1) is 0 Å². The van der Waals surface area contributed by atoms with Crippen LogP contribution in [0, 0.1) is 0 Å². The van der Waals surface area contributed by atoms with Crippen LogP contribution in [0.15, 0.2) is 0 Å². The highest BCUT2D eigenvalue weighted by atomic mass is 16.5. The Hall–Kier alpha value is -1.06. The van der Waals surface area contributed by atoms with Crippen molar-refractivity contribution in [2.45, 2.75) is 180 Å². The van der Waals surface area contributed by atoms with Gasteiger partial charge < -0.3 is 9.84 Å². The van der Waals surface area contributed by atoms with Gasteiger partial charge in [0.25, 0.3) is 0 Å². The predicted molar refractivity (Wildman–Crippen MR) is 144 cm³/mol. The fourth-order valence-electron chi connectivity index (χ4n) is 4.59. The van der Waals surface area contributed by atoms with E-state index in [0.29, 0.717) is 12.8 Å². The second-order valence-electron chi connectivity index (χ2n) is 10.3. The van der Waals surface area contributed by atoms with Crippen molar-refractivity contribution >= 4 is 11.9 Å². The molecule has 0 saturated heterocycles. The van der Waals surface area contributed by atoms with Crippen LogP contribution in [0.1, 0.15) is 174 Å². The van der Waals surface area contributed by atoms with E-state index in [1.54, 1.807) is 0 Å². The van der Waals surface area contributed by atoms with Gasteiger partial charge in [-0.15, -0.1) is 0 Å². The smallest absolute Gasteiger partial charge is 0.306 e. The second kappa shape index (κ2) is 26.5. The standard InChI is InChI=1S/C30H58O4/c1-3-5-7-8-9-10-11-12-13-14-15-16-17-18-23-27-30(33)34-28(24-20-6-4-2)25-21-19-22-26-29(31)32/h28H,3-27H2,1-2H3,(H,31,32). The quantitative estimate of drug-likeness (QED) is 0.0934. The predicted octanol–water partition coefficient (Wildman–Crippen LogP) is 9.78. The molecule has 0 radical (unpaired) electrons. The first-order valence-electron chi connectivity index (χ1n) is 15.0. The molecule has 0 spiro atoms. The molecule has 1 unspecified atom stereocenters. The molecule has 0 saturated carbocycles. The number of carbonyl (C=O) groups is 2. The molecule has 1 atom stereocenters. The summed E-state index contributed by atoms with van der Waals surface area (Å²) in [5.41, 5.74) is 0. The number of aliphatic carboxylic acids is 1. The van der Waals surface area contributed by atoms with Gasteiger partial charge in [-0.1, -0.05) is 123 Å². The fourth-order valence-corrected chi connectivity index (χ4v) is 4.59. The van der Waals surface area contributed by atoms with E-state index in [-0.39, 0.29) is 18.5 Å². The van der Waals surface area contributed by atoms with Crippen molar-refractivity contribution in [3.05, 3.63) is 0 Å². The van der Waals surface area contributed by atoms with E-state index in [2.05, 4.69) is 13.8 Å². The Morgan fingerprint density at radius 2 is 0.882 bits per heavy atom. The first-order chi connectivity index (χ1) is 16.6. The van der Waals surface area contributed by atoms with Crippen LogP contribution >= 0.6 is 0 Å². The van der Waals surface area contributed by atoms with Gasteiger partial charge >= 0.3 is 11.9 Å². The topological polar surface area (TPSA) is 63.6 Å². The minimum atomic E-state index is -0.727. The monoisotopic (exact) mass is 482 g/mol. The minimum Gasteiger partial charge on any atom is -0.481 e. The van der Waals surface area contributed by atoms with Crippen LogP contribution in [0.5, 0.6) is 0 Å². The highest BCUT2D eigenvalue weighted by Gasteiger charge is 2.14. The van der Waals surface area contributed by atoms with Crippen molar-refractivity contribution in [3.63, 3.8) is 0 Å². The minimum absolute atomic E-state index is 0.0141. The molecule has 0 aliphatic rings. The van der Waals surface area contributed by atoms with Crippen molar-refractivity contribution in [1.82, 2.24) is 0 Å². The molecule has 0 heterocycles. The number of carboxylic acid groups (broad SMARTS) is 1. The third-order valence-electron chi connectivity index (χ3n) is 6.83. The Labute approximate surface area is 212 Å². The van der Waals surface area contributed by atoms with Crippen LogP contribution in [-0.4, -0.2) is 23.1 Å². The van der Waals surface area contributed by atoms with Crippen LogP contribution in [0.2, 0.25) is 0 Å². The maximum atomic E-state index is 12.3. The number of unbranched alkanes of at least 4 members (excludes halogenated alkanes) is 18. The zero-order valence-corrected chi connectivity index (χ0v) is 22.9. The molecule has 0 amide bonds. The van der Waals surface area contributed by atoms with Gasteiger partial charge in [-0.3, -0.25) is 9.59 Å². The molecule has 0 aromatic rings. The number of carbonyl (C=O) groups excluding carboxylic acids is 1. The summed E-state index contributed by atoms with van der Waals surface area (Å²) in [5, 5.41) is 8.75. The summed E-state index contributed by atoms with van der Waals surface area (Å²) in [6.07, 6.45) is 28.5. The van der Waals surface area contributed by atoms with Crippen LogP contribution in [0.25, 0.3) is 0 Å². The molecule has 0 aromatic heterocycles. The van der Waals surface area contributed by atoms with E-state index < -0.39 is 5.97 Å². The molecule has 0 aromatic carbocycles. The Kier molecular flexibility index (Phi) is 25.7. The van der Waals surface area contributed by atoms with E-state index in [4.69, 9.17) is 9.84 Å². The first kappa shape index (κ1) is 32.9. The lowest BCUT2D eigenvalue weighted by atomic mass is 10.0. The van der Waals surface area contributed by atoms with Gasteiger partial charge in [0, 0.05) is 12.8 Å². The first-order valence-corrected chi connectivity index (χ1v) is 15.0. The molecule has 0 aliphatic heterocycles. The molecular weight excluding hydrogens is 424 g/mol. The van der Waals surface area contributed by atoms with Gasteiger partial charge in [0.2, 0.25) is 0 Å². The number of carboxylic acids is 1. The lowest BCUT2D eigenvalue weighted by Crippen LogP contribution is -2.18. The molecular formula is C30H58O4. The van der Waals surface area contributed by atoms with Gasteiger partial charge in [-0.05, 0) is 38.5 Å². The Morgan fingerprint density at radius 3 is 1.35 bits per heavy atom. The van der Waals surface area contributed by atoms with Gasteiger partial charge in [0.1, 0.15) is 6.10 Å². The van der Waals surface area contributed by atoms with Crippen LogP contribution in [0.3, 0.4) is 0 Å². The number of ether oxygens (including phenoxy) is 1. The molecule has 0 aliphatic carbocycles. The zero-order valence-electron chi connectivity index (χ0n) is 22.9. The summed E-state index contributed by atoms with van der Waals surface area (Å²) in [4.78, 5) is 22.9. The molecule has 202 valence electrons. The Bertz CT molecular complexity index is 449. The largest absolute Gasteiger partial charge is 0.481 e. The molecule has 34 heavy (non-hydrogen) atoms. The molecule has 0 bridgehead atoms. The molecule has 0 rings (SSSR count). The number of rotatable bonds is 27. The highest BCUT2D eigenvalue weighted by Crippen LogP contribution is 2.17. The van der Waals surface area contributed by atoms with Crippen molar-refractivity contribution in [3.8, 4) is 0 Å². The average Bonchev–Trinajstić information content (AvgIpc) is 2.81. The van der Waals surface area contributed by atoms with Crippen LogP contribution in [-0.2, 0) is 14.3 Å². The lowest BCUT2D eigenvalue weighted by molar-refractivity contribution is -0.150. The summed E-state index contributed by atoms with van der Waals surface area (Å²) in [5.74, 6) is -0.767. The lowest BCUT2D eigenvalue weighted by Gasteiger charge is -2.18. The maximum Gasteiger partial charge on any atom is 0.306 e. The van der Waals surface area contributed by atoms with Crippen molar-refractivity contribution in [2.24, 2.45) is 0 Å². The highest BCUT2D eigenvalue weighted by molar-refractivity contribution is 5.69. The van der Waals surface area contributed by atoms with Crippen LogP contribution < -0.4 is 0 Å². The van der Waals surface area contributed by atoms with Crippen LogP contribution in [0.4, 0.5) is 0 Å². The van der Waals surface area contributed by atoms with E-state index in [9.17, 15) is 9.59 Å². The summed E-state index contributed by atoms with van der Waals surface area (Å²) < 4.78 is 5.79.